The predicted octanol–water partition coefficient (Wildman–Crippen LogP) is 3.62. The van der Waals surface area contributed by atoms with Crippen molar-refractivity contribution in [2.75, 3.05) is 0 Å². The minimum Gasteiger partial charge on any atom is -0.369 e. The monoisotopic (exact) mass is 387 g/mol. The fourth-order valence-corrected chi connectivity index (χ4v) is 4.01. The first kappa shape index (κ1) is 21.7. The van der Waals surface area contributed by atoms with Gasteiger partial charge in [0.2, 0.25) is 5.91 Å². The van der Waals surface area contributed by atoms with Crippen molar-refractivity contribution in [1.29, 1.82) is 0 Å². The molecule has 28 heavy (non-hydrogen) atoms. The average molecular weight is 387 g/mol. The Morgan fingerprint density at radius 1 is 1.11 bits per heavy atom. The van der Waals surface area contributed by atoms with Crippen molar-refractivity contribution in [3.8, 4) is 0 Å². The molecule has 1 saturated carbocycles. The summed E-state index contributed by atoms with van der Waals surface area (Å²) in [6, 6.07) is 7.85. The predicted molar refractivity (Wildman–Crippen MR) is 106 cm³/mol. The number of amides is 2. The van der Waals surface area contributed by atoms with Crippen molar-refractivity contribution in [3.63, 3.8) is 0 Å². The fraction of sp³-hybridized carbons (Fsp3) is 0.571. The van der Waals surface area contributed by atoms with Gasteiger partial charge in [-0.1, -0.05) is 50.5 Å². The Balaban J connectivity index is 2.00. The first-order valence-electron chi connectivity index (χ1n) is 10.0. The molecule has 0 radical (unpaired) electrons. The van der Waals surface area contributed by atoms with Gasteiger partial charge in [0.15, 0.2) is 5.78 Å². The topological polar surface area (TPSA) is 119 Å². The standard InChI is InChI=1S/C21H29N3O4/c1-2-14(12-13-18(20(22)26)21(27)23-24-28)19(25)17-10-8-16(9-11-17)15-6-4-3-5-7-15/h8-11,14-15,18H,2-7,12-13H2,1H3,(H2,22,26)(H,23,27,28). The van der Waals surface area contributed by atoms with Crippen LogP contribution in [0.2, 0.25) is 0 Å². The van der Waals surface area contributed by atoms with Crippen molar-refractivity contribution < 1.29 is 14.4 Å². The van der Waals surface area contributed by atoms with Gasteiger partial charge >= 0.3 is 0 Å². The third-order valence-corrected chi connectivity index (χ3v) is 5.75. The van der Waals surface area contributed by atoms with Crippen LogP contribution in [0.1, 0.15) is 80.1 Å². The van der Waals surface area contributed by atoms with E-state index < -0.39 is 17.7 Å². The number of ketones is 1. The molecule has 0 spiro atoms. The second-order valence-corrected chi connectivity index (χ2v) is 7.53. The van der Waals surface area contributed by atoms with Crippen molar-refractivity contribution in [1.82, 2.24) is 5.43 Å². The van der Waals surface area contributed by atoms with Gasteiger partial charge in [0.25, 0.3) is 5.91 Å². The SMILES string of the molecule is CCC(CCC(C(N)=O)C(=O)NN=O)C(=O)c1ccc(C2CCCCC2)cc1. The molecule has 7 heteroatoms. The van der Waals surface area contributed by atoms with Gasteiger partial charge in [-0.3, -0.25) is 14.4 Å². The minimum absolute atomic E-state index is 0.00478. The van der Waals surface area contributed by atoms with Crippen LogP contribution >= 0.6 is 0 Å². The van der Waals surface area contributed by atoms with E-state index in [-0.39, 0.29) is 18.1 Å². The summed E-state index contributed by atoms with van der Waals surface area (Å²) in [6.45, 7) is 1.89. The largest absolute Gasteiger partial charge is 0.369 e. The number of hydrogen-bond donors (Lipinski definition) is 2. The lowest BCUT2D eigenvalue weighted by Crippen LogP contribution is -2.37. The number of nitrogens with zero attached hydrogens (tertiary/aromatic N) is 1. The Hall–Kier alpha value is -2.57. The number of primary amides is 1. The zero-order chi connectivity index (χ0) is 20.5. The van der Waals surface area contributed by atoms with E-state index in [1.807, 2.05) is 31.2 Å². The molecule has 2 unspecified atom stereocenters. The summed E-state index contributed by atoms with van der Waals surface area (Å²) in [7, 11) is 0. The van der Waals surface area contributed by atoms with E-state index >= 15 is 0 Å². The summed E-state index contributed by atoms with van der Waals surface area (Å²) in [5.41, 5.74) is 8.88. The Morgan fingerprint density at radius 3 is 2.29 bits per heavy atom. The zero-order valence-corrected chi connectivity index (χ0v) is 16.4. The van der Waals surface area contributed by atoms with Crippen LogP contribution in [0.5, 0.6) is 0 Å². The molecule has 7 nitrogen and oxygen atoms in total. The van der Waals surface area contributed by atoms with Gasteiger partial charge in [-0.25, -0.2) is 5.43 Å². The molecule has 2 amide bonds. The molecule has 1 fully saturated rings. The summed E-state index contributed by atoms with van der Waals surface area (Å²) in [5, 5.41) is 2.29. The van der Waals surface area contributed by atoms with Gasteiger partial charge in [-0.15, -0.1) is 4.91 Å². The number of Topliss-reactive ketones (excluding diaryl/α,β-unsaturated/α-hetero) is 1. The molecule has 0 aliphatic heterocycles. The maximum absolute atomic E-state index is 12.9. The highest BCUT2D eigenvalue weighted by atomic mass is 16.3. The molecule has 1 aliphatic carbocycles. The van der Waals surface area contributed by atoms with Crippen LogP contribution in [0.25, 0.3) is 0 Å². The maximum Gasteiger partial charge on any atom is 0.255 e. The summed E-state index contributed by atoms with van der Waals surface area (Å²) in [6.07, 6.45) is 7.25. The second kappa shape index (κ2) is 10.7. The number of hydrogen-bond acceptors (Lipinski definition) is 5. The summed E-state index contributed by atoms with van der Waals surface area (Å²) >= 11 is 0. The highest BCUT2D eigenvalue weighted by Gasteiger charge is 2.27. The van der Waals surface area contributed by atoms with Crippen molar-refractivity contribution in [2.24, 2.45) is 22.9 Å². The summed E-state index contributed by atoms with van der Waals surface area (Å²) in [5.74, 6) is -2.58. The van der Waals surface area contributed by atoms with E-state index in [4.69, 9.17) is 5.73 Å². The maximum atomic E-state index is 12.9. The molecule has 0 bridgehead atoms. The second-order valence-electron chi connectivity index (χ2n) is 7.53. The lowest BCUT2D eigenvalue weighted by atomic mass is 9.83. The molecular formula is C21H29N3O4. The van der Waals surface area contributed by atoms with Crippen molar-refractivity contribution in [2.45, 2.75) is 64.2 Å². The number of rotatable bonds is 10. The van der Waals surface area contributed by atoms with Crippen molar-refractivity contribution in [3.05, 3.63) is 40.3 Å². The van der Waals surface area contributed by atoms with E-state index in [1.54, 1.807) is 5.43 Å². The third kappa shape index (κ3) is 5.71. The van der Waals surface area contributed by atoms with Crippen molar-refractivity contribution >= 4 is 17.6 Å². The van der Waals surface area contributed by atoms with Gasteiger partial charge in [-0.05, 0) is 43.6 Å². The number of nitrogens with two attached hydrogens (primary N) is 1. The average Bonchev–Trinajstić information content (AvgIpc) is 2.71. The van der Waals surface area contributed by atoms with Gasteiger partial charge < -0.3 is 5.73 Å². The first-order valence-corrected chi connectivity index (χ1v) is 10.0. The molecular weight excluding hydrogens is 358 g/mol. The van der Waals surface area contributed by atoms with Gasteiger partial charge in [0.1, 0.15) is 5.92 Å². The fourth-order valence-electron chi connectivity index (χ4n) is 4.01. The van der Waals surface area contributed by atoms with Gasteiger partial charge in [0.05, 0.1) is 5.29 Å². The molecule has 3 N–H and O–H groups in total. The van der Waals surface area contributed by atoms with Crippen LogP contribution in [0.3, 0.4) is 0 Å². The number of carbonyl (C=O) groups excluding carboxylic acids is 3. The smallest absolute Gasteiger partial charge is 0.255 e. The highest BCUT2D eigenvalue weighted by molar-refractivity contribution is 6.00. The van der Waals surface area contributed by atoms with Crippen LogP contribution in [0, 0.1) is 16.7 Å². The Morgan fingerprint density at radius 2 is 1.75 bits per heavy atom. The molecule has 152 valence electrons. The molecule has 1 aromatic carbocycles. The highest BCUT2D eigenvalue weighted by Crippen LogP contribution is 2.33. The molecule has 0 aromatic heterocycles. The van der Waals surface area contributed by atoms with E-state index in [9.17, 15) is 19.3 Å². The van der Waals surface area contributed by atoms with E-state index in [0.29, 0.717) is 24.3 Å². The third-order valence-electron chi connectivity index (χ3n) is 5.75. The van der Waals surface area contributed by atoms with Crippen LogP contribution in [-0.2, 0) is 9.59 Å². The normalized spacial score (nSPS) is 16.8. The van der Waals surface area contributed by atoms with Gasteiger partial charge in [-0.2, -0.15) is 0 Å². The minimum atomic E-state index is -1.17. The lowest BCUT2D eigenvalue weighted by molar-refractivity contribution is -0.133. The number of nitrogens with one attached hydrogen (secondary N) is 1. The Kier molecular flexibility index (Phi) is 8.29. The zero-order valence-electron chi connectivity index (χ0n) is 16.4. The molecule has 0 saturated heterocycles. The first-order chi connectivity index (χ1) is 13.5. The van der Waals surface area contributed by atoms with Crippen LogP contribution in [0.15, 0.2) is 29.6 Å². The molecule has 1 aromatic rings. The number of carbonyl (C=O) groups is 3. The molecule has 0 heterocycles. The van der Waals surface area contributed by atoms with Crippen LogP contribution < -0.4 is 11.2 Å². The van der Waals surface area contributed by atoms with E-state index in [1.165, 1.54) is 37.7 Å². The number of benzene rings is 1. The summed E-state index contributed by atoms with van der Waals surface area (Å²) < 4.78 is 0. The quantitative estimate of drug-likeness (QED) is 0.276. The van der Waals surface area contributed by atoms with E-state index in [2.05, 4.69) is 5.29 Å². The van der Waals surface area contributed by atoms with E-state index in [0.717, 1.165) is 0 Å². The summed E-state index contributed by atoms with van der Waals surface area (Å²) in [4.78, 5) is 46.2. The Bertz CT molecular complexity index is 696. The molecule has 2 rings (SSSR count). The Labute approximate surface area is 165 Å². The van der Waals surface area contributed by atoms with Gasteiger partial charge in [0, 0.05) is 11.5 Å². The molecule has 2 atom stereocenters. The molecule has 1 aliphatic rings. The van der Waals surface area contributed by atoms with Crippen LogP contribution in [0.4, 0.5) is 0 Å². The van der Waals surface area contributed by atoms with Crippen LogP contribution in [-0.4, -0.2) is 17.6 Å². The number of nitroso groups, excluding NO2 is 1. The lowest BCUT2D eigenvalue weighted by Gasteiger charge is -2.22.